The first kappa shape index (κ1) is 12.4. The van der Waals surface area contributed by atoms with E-state index in [2.05, 4.69) is 6.92 Å². The molecule has 0 spiro atoms. The Hall–Kier alpha value is 0.392. The summed E-state index contributed by atoms with van der Waals surface area (Å²) < 4.78 is 23.6. The third kappa shape index (κ3) is 10.4. The maximum Gasteiger partial charge on any atom is 0.757 e. The van der Waals surface area contributed by atoms with E-state index in [0.29, 0.717) is 0 Å². The molecule has 0 aliphatic carbocycles. The molecule has 0 amide bonds. The van der Waals surface area contributed by atoms with Crippen LogP contribution in [0.1, 0.15) is 51.9 Å². The average Bonchev–Trinajstić information content (AvgIpc) is 2.02. The van der Waals surface area contributed by atoms with Gasteiger partial charge in [0, 0.05) is 0 Å². The van der Waals surface area contributed by atoms with Crippen LogP contribution in [0.3, 0.4) is 0 Å². The van der Waals surface area contributed by atoms with Crippen LogP contribution < -0.4 is 0 Å². The van der Waals surface area contributed by atoms with Gasteiger partial charge in [-0.1, -0.05) is 51.9 Å². The lowest BCUT2D eigenvalue weighted by atomic mass is 10.1. The molecule has 3 heteroatoms. The van der Waals surface area contributed by atoms with Gasteiger partial charge in [-0.2, -0.15) is 0 Å². The molecule has 0 aliphatic rings. The molecule has 0 aromatic rings. The first-order chi connectivity index (χ1) is 5.77. The summed E-state index contributed by atoms with van der Waals surface area (Å²) in [6.45, 7) is 2.18. The predicted molar refractivity (Wildman–Crippen MR) is 50.8 cm³/mol. The molecular weight excluding hydrogens is 173 g/mol. The number of rotatable bonds is 8. The van der Waals surface area contributed by atoms with Crippen molar-refractivity contribution in [3.63, 3.8) is 0 Å². The van der Waals surface area contributed by atoms with Crippen LogP contribution >= 0.6 is 0 Å². The maximum atomic E-state index is 11.8. The standard InChI is InChI=1S/C9H19.Al.2FH/c1-3-5-7-9-8-6-4-2;;;/h1,3-9H2,2H3;;2*1H/q;+2;;/p-2. The molecule has 12 heavy (non-hydrogen) atoms. The number of unbranched alkanes of at least 4 members (excludes halogenated alkanes) is 6. The van der Waals surface area contributed by atoms with Gasteiger partial charge in [-0.25, -0.2) is 0 Å². The predicted octanol–water partition coefficient (Wildman–Crippen LogP) is 4.16. The van der Waals surface area contributed by atoms with Crippen LogP contribution in [0.5, 0.6) is 0 Å². The Balaban J connectivity index is 2.82. The van der Waals surface area contributed by atoms with Gasteiger partial charge in [-0.15, -0.1) is 0 Å². The van der Waals surface area contributed by atoms with E-state index < -0.39 is 15.1 Å². The van der Waals surface area contributed by atoms with Crippen LogP contribution in [0.4, 0.5) is 7.05 Å². The normalized spacial score (nSPS) is 10.2. The van der Waals surface area contributed by atoms with Crippen LogP contribution in [-0.2, 0) is 0 Å². The lowest BCUT2D eigenvalue weighted by Crippen LogP contribution is -1.94. The highest BCUT2D eigenvalue weighted by molar-refractivity contribution is 6.42. The zero-order valence-electron chi connectivity index (χ0n) is 7.99. The largest absolute Gasteiger partial charge is 0.757 e. The van der Waals surface area contributed by atoms with Crippen molar-refractivity contribution in [3.8, 4) is 0 Å². The molecule has 0 fully saturated rings. The molecule has 0 saturated carbocycles. The monoisotopic (exact) mass is 192 g/mol. The fourth-order valence-electron chi connectivity index (χ4n) is 1.26. The van der Waals surface area contributed by atoms with Crippen molar-refractivity contribution in [1.82, 2.24) is 0 Å². The maximum absolute atomic E-state index is 11.8. The van der Waals surface area contributed by atoms with E-state index in [-0.39, 0.29) is 5.28 Å². The first-order valence-electron chi connectivity index (χ1n) is 5.05. The molecular formula is C9H19AlF2. The van der Waals surface area contributed by atoms with E-state index in [9.17, 15) is 7.05 Å². The second-order valence-electron chi connectivity index (χ2n) is 3.30. The van der Waals surface area contributed by atoms with Crippen LogP contribution in [-0.4, -0.2) is 15.1 Å². The summed E-state index contributed by atoms with van der Waals surface area (Å²) in [6, 6.07) is 0. The number of halogens is 2. The number of hydrogen-bond donors (Lipinski definition) is 0. The van der Waals surface area contributed by atoms with E-state index in [0.717, 1.165) is 19.3 Å². The molecule has 0 aromatic heterocycles. The lowest BCUT2D eigenvalue weighted by molar-refractivity contribution is 0.584. The van der Waals surface area contributed by atoms with Gasteiger partial charge in [0.15, 0.2) is 0 Å². The molecule has 72 valence electrons. The Labute approximate surface area is 79.7 Å². The zero-order chi connectivity index (χ0) is 9.23. The van der Waals surface area contributed by atoms with E-state index in [1.54, 1.807) is 0 Å². The van der Waals surface area contributed by atoms with Crippen molar-refractivity contribution >= 4 is 15.1 Å². The molecule has 0 aromatic carbocycles. The van der Waals surface area contributed by atoms with Crippen LogP contribution in [0.15, 0.2) is 0 Å². The van der Waals surface area contributed by atoms with Gasteiger partial charge in [0.2, 0.25) is 0 Å². The molecule has 0 nitrogen and oxygen atoms in total. The highest BCUT2D eigenvalue weighted by atomic mass is 27.3. The summed E-state index contributed by atoms with van der Waals surface area (Å²) in [5, 5.41) is 0.230. The van der Waals surface area contributed by atoms with E-state index >= 15 is 0 Å². The van der Waals surface area contributed by atoms with Crippen molar-refractivity contribution in [2.24, 2.45) is 0 Å². The van der Waals surface area contributed by atoms with Gasteiger partial charge in [0.1, 0.15) is 0 Å². The highest BCUT2D eigenvalue weighted by Gasteiger charge is 2.18. The van der Waals surface area contributed by atoms with Gasteiger partial charge >= 0.3 is 15.1 Å². The first-order valence-corrected chi connectivity index (χ1v) is 6.74. The third-order valence-electron chi connectivity index (χ3n) is 2.03. The van der Waals surface area contributed by atoms with Crippen LogP contribution in [0.2, 0.25) is 5.28 Å². The Morgan fingerprint density at radius 2 is 1.33 bits per heavy atom. The fraction of sp³-hybridized carbons (Fsp3) is 1.00. The Bertz CT molecular complexity index is 86.6. The second kappa shape index (κ2) is 9.48. The lowest BCUT2D eigenvalue weighted by Gasteiger charge is -1.98. The highest BCUT2D eigenvalue weighted by Crippen LogP contribution is 2.10. The van der Waals surface area contributed by atoms with Crippen molar-refractivity contribution in [3.05, 3.63) is 0 Å². The SMILES string of the molecule is CCCCCCCC[CH2][Al]([F])[F]. The van der Waals surface area contributed by atoms with Crippen molar-refractivity contribution in [2.75, 3.05) is 0 Å². The van der Waals surface area contributed by atoms with Gasteiger partial charge < -0.3 is 7.05 Å². The Morgan fingerprint density at radius 1 is 0.833 bits per heavy atom. The summed E-state index contributed by atoms with van der Waals surface area (Å²) >= 11 is -3.24. The van der Waals surface area contributed by atoms with Crippen molar-refractivity contribution in [2.45, 2.75) is 57.2 Å². The molecule has 0 atom stereocenters. The van der Waals surface area contributed by atoms with Crippen molar-refractivity contribution in [1.29, 1.82) is 0 Å². The summed E-state index contributed by atoms with van der Waals surface area (Å²) in [5.74, 6) is 0. The molecule has 0 rings (SSSR count). The summed E-state index contributed by atoms with van der Waals surface area (Å²) in [7, 11) is 0. The molecule has 0 bridgehead atoms. The summed E-state index contributed by atoms with van der Waals surface area (Å²) in [4.78, 5) is 0. The zero-order valence-corrected chi connectivity index (χ0v) is 9.14. The molecule has 0 saturated heterocycles. The third-order valence-corrected chi connectivity index (χ3v) is 2.87. The summed E-state index contributed by atoms with van der Waals surface area (Å²) in [5.41, 5.74) is 0. The molecule has 0 radical (unpaired) electrons. The van der Waals surface area contributed by atoms with Gasteiger partial charge in [0.05, 0.1) is 0 Å². The van der Waals surface area contributed by atoms with E-state index in [4.69, 9.17) is 0 Å². The van der Waals surface area contributed by atoms with Gasteiger partial charge in [-0.3, -0.25) is 0 Å². The van der Waals surface area contributed by atoms with Gasteiger partial charge in [0.25, 0.3) is 0 Å². The van der Waals surface area contributed by atoms with Gasteiger partial charge in [-0.05, 0) is 5.28 Å². The molecule has 0 unspecified atom stereocenters. The smallest absolute Gasteiger partial charge is 0.374 e. The molecule has 0 aliphatic heterocycles. The average molecular weight is 192 g/mol. The summed E-state index contributed by atoms with van der Waals surface area (Å²) in [6.07, 6.45) is 7.99. The Kier molecular flexibility index (Phi) is 9.79. The van der Waals surface area contributed by atoms with E-state index in [1.807, 2.05) is 0 Å². The second-order valence-corrected chi connectivity index (χ2v) is 4.66. The minimum absolute atomic E-state index is 0.230. The van der Waals surface area contributed by atoms with Crippen LogP contribution in [0.25, 0.3) is 0 Å². The van der Waals surface area contributed by atoms with Crippen LogP contribution in [0, 0.1) is 0 Å². The quantitative estimate of drug-likeness (QED) is 0.400. The minimum atomic E-state index is -3.24. The molecule has 0 heterocycles. The van der Waals surface area contributed by atoms with Crippen molar-refractivity contribution < 1.29 is 7.05 Å². The fourth-order valence-corrected chi connectivity index (χ4v) is 1.85. The minimum Gasteiger partial charge on any atom is -0.374 e. The topological polar surface area (TPSA) is 0 Å². The van der Waals surface area contributed by atoms with E-state index in [1.165, 1.54) is 25.7 Å². The number of hydrogen-bond acceptors (Lipinski definition) is 0. The molecule has 0 N–H and O–H groups in total. The Morgan fingerprint density at radius 3 is 1.83 bits per heavy atom.